The number of quaternary nitrogens is 1. The van der Waals surface area contributed by atoms with Gasteiger partial charge in [-0.2, -0.15) is 0 Å². The van der Waals surface area contributed by atoms with E-state index in [1.807, 2.05) is 0 Å². The lowest BCUT2D eigenvalue weighted by Gasteiger charge is -2.43. The van der Waals surface area contributed by atoms with E-state index in [0.717, 1.165) is 24.2 Å². The van der Waals surface area contributed by atoms with E-state index in [0.29, 0.717) is 0 Å². The van der Waals surface area contributed by atoms with Crippen LogP contribution >= 0.6 is 0 Å². The lowest BCUT2D eigenvalue weighted by molar-refractivity contribution is -0.947. The molecule has 2 fully saturated rings. The fourth-order valence-corrected chi connectivity index (χ4v) is 4.73. The first-order valence-electron chi connectivity index (χ1n) is 10.5. The molecule has 2 aromatic carbocycles. The summed E-state index contributed by atoms with van der Waals surface area (Å²) in [5.74, 6) is 0.264. The average molecular weight is 367 g/mol. The van der Waals surface area contributed by atoms with Crippen LogP contribution in [0, 0.1) is 0 Å². The number of nitrogens with zero attached hydrogens (tertiary/aromatic N) is 1. The van der Waals surface area contributed by atoms with Crippen LogP contribution in [0.25, 0.3) is 0 Å². The van der Waals surface area contributed by atoms with E-state index in [1.165, 1.54) is 43.5 Å². The van der Waals surface area contributed by atoms with Crippen LogP contribution in [-0.4, -0.2) is 43.1 Å². The molecule has 4 rings (SSSR count). The molecule has 0 radical (unpaired) electrons. The summed E-state index contributed by atoms with van der Waals surface area (Å²) in [6, 6.07) is 21.5. The Hall–Kier alpha value is -1.68. The van der Waals surface area contributed by atoms with E-state index < -0.39 is 0 Å². The molecule has 2 heterocycles. The minimum absolute atomic E-state index is 0.126. The van der Waals surface area contributed by atoms with Gasteiger partial charge >= 0.3 is 0 Å². The highest BCUT2D eigenvalue weighted by molar-refractivity contribution is 5.19. The van der Waals surface area contributed by atoms with E-state index >= 15 is 0 Å². The Morgan fingerprint density at radius 2 is 1.59 bits per heavy atom. The van der Waals surface area contributed by atoms with Gasteiger partial charge in [0.15, 0.2) is 6.29 Å². The molecule has 0 saturated carbocycles. The lowest BCUT2D eigenvalue weighted by Crippen LogP contribution is -2.54. The standard InChI is InChI=1S/C24H32NO2/c1-20(22-13-7-3-8-14-22)24-26-19-23(27-24)18-25(15-9-4-10-16-25)17-21-11-5-2-6-12-21/h2-3,5-8,11-14,20,23-24H,4,9-10,15-19H2,1H3/q+1/t20-,23-,24-/m1/s1. The molecule has 27 heavy (non-hydrogen) atoms. The zero-order chi connectivity index (χ0) is 18.5. The predicted octanol–water partition coefficient (Wildman–Crippen LogP) is 4.73. The number of ether oxygens (including phenoxy) is 2. The minimum atomic E-state index is -0.126. The Balaban J connectivity index is 1.41. The number of piperidine rings is 1. The summed E-state index contributed by atoms with van der Waals surface area (Å²) in [5.41, 5.74) is 2.72. The molecule has 3 heteroatoms. The second kappa shape index (κ2) is 8.55. The largest absolute Gasteiger partial charge is 0.349 e. The van der Waals surface area contributed by atoms with Crippen molar-refractivity contribution in [2.24, 2.45) is 0 Å². The molecule has 0 unspecified atom stereocenters. The summed E-state index contributed by atoms with van der Waals surface area (Å²) in [4.78, 5) is 0. The second-order valence-corrected chi connectivity index (χ2v) is 8.33. The van der Waals surface area contributed by atoms with Crippen molar-refractivity contribution in [3.05, 3.63) is 71.8 Å². The third-order valence-corrected chi connectivity index (χ3v) is 6.22. The van der Waals surface area contributed by atoms with Gasteiger partial charge in [0, 0.05) is 11.5 Å². The third-order valence-electron chi connectivity index (χ3n) is 6.22. The van der Waals surface area contributed by atoms with Crippen LogP contribution in [-0.2, 0) is 16.0 Å². The summed E-state index contributed by atoms with van der Waals surface area (Å²) in [6.07, 6.45) is 4.08. The Kier molecular flexibility index (Phi) is 5.92. The number of benzene rings is 2. The van der Waals surface area contributed by atoms with Crippen LogP contribution in [0.1, 0.15) is 43.2 Å². The number of likely N-dealkylation sites (tertiary alicyclic amines) is 1. The molecule has 144 valence electrons. The minimum Gasteiger partial charge on any atom is -0.349 e. The van der Waals surface area contributed by atoms with Crippen molar-refractivity contribution in [1.82, 2.24) is 0 Å². The van der Waals surface area contributed by atoms with E-state index in [-0.39, 0.29) is 18.3 Å². The monoisotopic (exact) mass is 366 g/mol. The summed E-state index contributed by atoms with van der Waals surface area (Å²) >= 11 is 0. The third kappa shape index (κ3) is 4.60. The van der Waals surface area contributed by atoms with Crippen molar-refractivity contribution >= 4 is 0 Å². The highest BCUT2D eigenvalue weighted by Gasteiger charge is 2.39. The molecule has 0 aromatic heterocycles. The first kappa shape index (κ1) is 18.7. The Morgan fingerprint density at radius 1 is 0.926 bits per heavy atom. The Labute approximate surface area is 163 Å². The van der Waals surface area contributed by atoms with Gasteiger partial charge in [-0.3, -0.25) is 0 Å². The summed E-state index contributed by atoms with van der Waals surface area (Å²) in [5, 5.41) is 0. The summed E-state index contributed by atoms with van der Waals surface area (Å²) in [7, 11) is 0. The molecular weight excluding hydrogens is 334 g/mol. The Morgan fingerprint density at radius 3 is 2.30 bits per heavy atom. The first-order chi connectivity index (χ1) is 13.2. The molecule has 2 aliphatic rings. The molecule has 0 aliphatic carbocycles. The molecular formula is C24H32NO2+. The van der Waals surface area contributed by atoms with Crippen molar-refractivity contribution in [3.8, 4) is 0 Å². The summed E-state index contributed by atoms with van der Waals surface area (Å²) in [6.45, 7) is 7.61. The second-order valence-electron chi connectivity index (χ2n) is 8.33. The van der Waals surface area contributed by atoms with Crippen molar-refractivity contribution < 1.29 is 14.0 Å². The molecule has 2 aromatic rings. The zero-order valence-corrected chi connectivity index (χ0v) is 16.4. The van der Waals surface area contributed by atoms with E-state index in [9.17, 15) is 0 Å². The molecule has 0 amide bonds. The van der Waals surface area contributed by atoms with Gasteiger partial charge in [-0.15, -0.1) is 0 Å². The van der Waals surface area contributed by atoms with Gasteiger partial charge in [-0.1, -0.05) is 67.6 Å². The van der Waals surface area contributed by atoms with Crippen LogP contribution < -0.4 is 0 Å². The SMILES string of the molecule is C[C@H](c1ccccc1)[C@@H]1OC[C@@H](C[N+]2(Cc3ccccc3)CCCCC2)O1. The van der Waals surface area contributed by atoms with Crippen molar-refractivity contribution in [1.29, 1.82) is 0 Å². The maximum atomic E-state index is 6.41. The van der Waals surface area contributed by atoms with Crippen LogP contribution in [0.2, 0.25) is 0 Å². The van der Waals surface area contributed by atoms with Crippen molar-refractivity contribution in [3.63, 3.8) is 0 Å². The molecule has 0 N–H and O–H groups in total. The molecule has 3 nitrogen and oxygen atoms in total. The maximum Gasteiger partial charge on any atom is 0.165 e. The van der Waals surface area contributed by atoms with Crippen LogP contribution in [0.3, 0.4) is 0 Å². The van der Waals surface area contributed by atoms with Crippen LogP contribution in [0.15, 0.2) is 60.7 Å². The van der Waals surface area contributed by atoms with E-state index in [4.69, 9.17) is 9.47 Å². The maximum absolute atomic E-state index is 6.41. The first-order valence-corrected chi connectivity index (χ1v) is 10.5. The van der Waals surface area contributed by atoms with Crippen molar-refractivity contribution in [2.45, 2.75) is 51.0 Å². The molecule has 2 saturated heterocycles. The predicted molar refractivity (Wildman–Crippen MR) is 108 cm³/mol. The van der Waals surface area contributed by atoms with Gasteiger partial charge in [0.25, 0.3) is 0 Å². The van der Waals surface area contributed by atoms with Gasteiger partial charge < -0.3 is 14.0 Å². The van der Waals surface area contributed by atoms with Gasteiger partial charge in [-0.05, 0) is 24.8 Å². The van der Waals surface area contributed by atoms with Gasteiger partial charge in [-0.25, -0.2) is 0 Å². The highest BCUT2D eigenvalue weighted by atomic mass is 16.7. The van der Waals surface area contributed by atoms with Gasteiger partial charge in [0.05, 0.1) is 19.7 Å². The number of hydrogen-bond acceptors (Lipinski definition) is 2. The fourth-order valence-electron chi connectivity index (χ4n) is 4.73. The molecule has 3 atom stereocenters. The highest BCUT2D eigenvalue weighted by Crippen LogP contribution is 2.30. The summed E-state index contributed by atoms with van der Waals surface area (Å²) < 4.78 is 13.6. The van der Waals surface area contributed by atoms with Crippen LogP contribution in [0.5, 0.6) is 0 Å². The normalized spacial score (nSPS) is 26.0. The fraction of sp³-hybridized carbons (Fsp3) is 0.500. The average Bonchev–Trinajstić information content (AvgIpc) is 3.17. The van der Waals surface area contributed by atoms with E-state index in [1.54, 1.807) is 0 Å². The number of rotatable bonds is 6. The van der Waals surface area contributed by atoms with E-state index in [2.05, 4.69) is 67.6 Å². The Bertz CT molecular complexity index is 697. The molecule has 0 bridgehead atoms. The molecule has 0 spiro atoms. The molecule has 2 aliphatic heterocycles. The quantitative estimate of drug-likeness (QED) is 0.688. The zero-order valence-electron chi connectivity index (χ0n) is 16.4. The number of hydrogen-bond donors (Lipinski definition) is 0. The van der Waals surface area contributed by atoms with Gasteiger partial charge in [0.2, 0.25) is 0 Å². The topological polar surface area (TPSA) is 18.5 Å². The smallest absolute Gasteiger partial charge is 0.165 e. The lowest BCUT2D eigenvalue weighted by atomic mass is 10.0. The van der Waals surface area contributed by atoms with Crippen LogP contribution in [0.4, 0.5) is 0 Å². The van der Waals surface area contributed by atoms with Gasteiger partial charge in [0.1, 0.15) is 19.2 Å². The van der Waals surface area contributed by atoms with Crippen molar-refractivity contribution in [2.75, 3.05) is 26.2 Å².